The van der Waals surface area contributed by atoms with Gasteiger partial charge in [0.05, 0.1) is 0 Å². The molecule has 1 aliphatic rings. The maximum absolute atomic E-state index is 12.6. The topological polar surface area (TPSA) is 29.1 Å². The van der Waals surface area contributed by atoms with Crippen LogP contribution in [-0.4, -0.2) is 12.5 Å². The summed E-state index contributed by atoms with van der Waals surface area (Å²) < 4.78 is 12.6. The molecule has 0 unspecified atom stereocenters. The third-order valence-corrected chi connectivity index (χ3v) is 2.41. The first kappa shape index (κ1) is 9.90. The number of halogens is 1. The van der Waals surface area contributed by atoms with E-state index in [0.29, 0.717) is 0 Å². The second-order valence-electron chi connectivity index (χ2n) is 3.58. The van der Waals surface area contributed by atoms with Gasteiger partial charge in [-0.15, -0.1) is 0 Å². The van der Waals surface area contributed by atoms with Gasteiger partial charge in [0.25, 0.3) is 0 Å². The summed E-state index contributed by atoms with van der Waals surface area (Å²) in [5, 5.41) is 2.78. The van der Waals surface area contributed by atoms with Crippen LogP contribution in [0.25, 0.3) is 6.08 Å². The molecule has 0 bridgehead atoms. The predicted octanol–water partition coefficient (Wildman–Crippen LogP) is 2.12. The van der Waals surface area contributed by atoms with Crippen molar-refractivity contribution >= 4 is 12.0 Å². The lowest BCUT2D eigenvalue weighted by Gasteiger charge is -2.14. The predicted molar refractivity (Wildman–Crippen MR) is 56.6 cm³/mol. The van der Waals surface area contributed by atoms with Crippen molar-refractivity contribution in [3.63, 3.8) is 0 Å². The zero-order chi connectivity index (χ0) is 10.7. The highest BCUT2D eigenvalue weighted by Crippen LogP contribution is 2.15. The molecule has 0 spiro atoms. The smallest absolute Gasteiger partial charge is 0.247 e. The third kappa shape index (κ3) is 2.43. The molecule has 0 aliphatic carbocycles. The molecule has 1 aromatic carbocycles. The molecule has 3 heteroatoms. The third-order valence-electron chi connectivity index (χ3n) is 2.41. The van der Waals surface area contributed by atoms with Crippen molar-refractivity contribution in [3.8, 4) is 0 Å². The zero-order valence-corrected chi connectivity index (χ0v) is 8.29. The largest absolute Gasteiger partial charge is 0.352 e. The number of carbonyl (C=O) groups excluding carboxylic acids is 1. The summed E-state index contributed by atoms with van der Waals surface area (Å²) in [5.74, 6) is -0.268. The number of amides is 1. The minimum Gasteiger partial charge on any atom is -0.352 e. The molecule has 0 radical (unpaired) electrons. The Morgan fingerprint density at radius 3 is 2.67 bits per heavy atom. The number of piperidine rings is 1. The van der Waals surface area contributed by atoms with E-state index in [1.165, 1.54) is 12.1 Å². The first-order chi connectivity index (χ1) is 7.25. The summed E-state index contributed by atoms with van der Waals surface area (Å²) in [7, 11) is 0. The summed E-state index contributed by atoms with van der Waals surface area (Å²) in [6.07, 6.45) is 3.58. The van der Waals surface area contributed by atoms with E-state index in [9.17, 15) is 9.18 Å². The van der Waals surface area contributed by atoms with Crippen LogP contribution in [0.4, 0.5) is 4.39 Å². The average molecular weight is 205 g/mol. The molecule has 1 saturated heterocycles. The Hall–Kier alpha value is -1.64. The summed E-state index contributed by atoms with van der Waals surface area (Å²) in [5.41, 5.74) is 1.64. The molecule has 1 amide bonds. The van der Waals surface area contributed by atoms with Crippen molar-refractivity contribution < 1.29 is 9.18 Å². The van der Waals surface area contributed by atoms with Gasteiger partial charge in [-0.1, -0.05) is 12.1 Å². The lowest BCUT2D eigenvalue weighted by Crippen LogP contribution is -2.30. The molecule has 2 rings (SSSR count). The molecule has 0 saturated carbocycles. The zero-order valence-electron chi connectivity index (χ0n) is 8.29. The van der Waals surface area contributed by atoms with Gasteiger partial charge in [0.15, 0.2) is 0 Å². The average Bonchev–Trinajstić information content (AvgIpc) is 2.25. The molecule has 1 fully saturated rings. The Kier molecular flexibility index (Phi) is 2.81. The Morgan fingerprint density at radius 1 is 1.27 bits per heavy atom. The molecule has 0 atom stereocenters. The van der Waals surface area contributed by atoms with E-state index in [-0.39, 0.29) is 11.7 Å². The summed E-state index contributed by atoms with van der Waals surface area (Å²) >= 11 is 0. The molecule has 1 N–H and O–H groups in total. The van der Waals surface area contributed by atoms with Gasteiger partial charge in [-0.25, -0.2) is 4.39 Å². The van der Waals surface area contributed by atoms with E-state index < -0.39 is 0 Å². The quantitative estimate of drug-likeness (QED) is 0.699. The summed E-state index contributed by atoms with van der Waals surface area (Å²) in [4.78, 5) is 11.4. The maximum Gasteiger partial charge on any atom is 0.247 e. The van der Waals surface area contributed by atoms with Crippen molar-refractivity contribution in [2.24, 2.45) is 0 Å². The van der Waals surface area contributed by atoms with Crippen LogP contribution < -0.4 is 5.32 Å². The van der Waals surface area contributed by atoms with Gasteiger partial charge in [0.1, 0.15) is 5.82 Å². The van der Waals surface area contributed by atoms with Gasteiger partial charge < -0.3 is 5.32 Å². The Labute approximate surface area is 87.8 Å². The van der Waals surface area contributed by atoms with E-state index in [4.69, 9.17) is 0 Å². The highest BCUT2D eigenvalue weighted by atomic mass is 19.1. The van der Waals surface area contributed by atoms with Crippen LogP contribution in [-0.2, 0) is 4.79 Å². The van der Waals surface area contributed by atoms with E-state index in [2.05, 4.69) is 5.32 Å². The summed E-state index contributed by atoms with van der Waals surface area (Å²) in [6.45, 7) is 0.750. The Balaban J connectivity index is 2.21. The minimum absolute atomic E-state index is 0.00873. The fourth-order valence-electron chi connectivity index (χ4n) is 1.61. The number of nitrogens with one attached hydrogen (secondary N) is 1. The number of hydrogen-bond donors (Lipinski definition) is 1. The maximum atomic E-state index is 12.6. The lowest BCUT2D eigenvalue weighted by molar-refractivity contribution is -0.118. The molecule has 2 nitrogen and oxygen atoms in total. The molecule has 1 aromatic rings. The second kappa shape index (κ2) is 4.26. The van der Waals surface area contributed by atoms with Crippen molar-refractivity contribution in [2.75, 3.05) is 6.54 Å². The van der Waals surface area contributed by atoms with Crippen molar-refractivity contribution in [1.82, 2.24) is 5.32 Å². The second-order valence-corrected chi connectivity index (χ2v) is 3.58. The SMILES string of the molecule is O=C1NCCC/C1=C/c1ccc(F)cc1. The van der Waals surface area contributed by atoms with E-state index >= 15 is 0 Å². The fraction of sp³-hybridized carbons (Fsp3) is 0.250. The van der Waals surface area contributed by atoms with Crippen LogP contribution in [0, 0.1) is 5.82 Å². The van der Waals surface area contributed by atoms with Gasteiger partial charge in [0.2, 0.25) is 5.91 Å². The molecule has 78 valence electrons. The van der Waals surface area contributed by atoms with Crippen LogP contribution in [0.5, 0.6) is 0 Å². The number of rotatable bonds is 1. The highest BCUT2D eigenvalue weighted by Gasteiger charge is 2.13. The Bertz CT molecular complexity index is 395. The van der Waals surface area contributed by atoms with Gasteiger partial charge in [0, 0.05) is 12.1 Å². The van der Waals surface area contributed by atoms with Crippen LogP contribution >= 0.6 is 0 Å². The van der Waals surface area contributed by atoms with Crippen LogP contribution in [0.1, 0.15) is 18.4 Å². The monoisotopic (exact) mass is 205 g/mol. The fourth-order valence-corrected chi connectivity index (χ4v) is 1.61. The van der Waals surface area contributed by atoms with Gasteiger partial charge in [-0.3, -0.25) is 4.79 Å². The van der Waals surface area contributed by atoms with Crippen molar-refractivity contribution in [3.05, 3.63) is 41.2 Å². The van der Waals surface area contributed by atoms with Gasteiger partial charge in [-0.05, 0) is 36.6 Å². The van der Waals surface area contributed by atoms with E-state index in [1.54, 1.807) is 12.1 Å². The molecule has 0 aromatic heterocycles. The number of carbonyl (C=O) groups is 1. The number of hydrogen-bond acceptors (Lipinski definition) is 1. The van der Waals surface area contributed by atoms with Crippen molar-refractivity contribution in [2.45, 2.75) is 12.8 Å². The molecular formula is C12H12FNO. The van der Waals surface area contributed by atoms with Crippen LogP contribution in [0.15, 0.2) is 29.8 Å². The van der Waals surface area contributed by atoms with Gasteiger partial charge >= 0.3 is 0 Å². The first-order valence-electron chi connectivity index (χ1n) is 5.00. The lowest BCUT2D eigenvalue weighted by atomic mass is 10.0. The normalized spacial score (nSPS) is 19.0. The molecule has 15 heavy (non-hydrogen) atoms. The van der Waals surface area contributed by atoms with E-state index in [0.717, 1.165) is 30.5 Å². The number of benzene rings is 1. The highest BCUT2D eigenvalue weighted by molar-refractivity contribution is 5.98. The van der Waals surface area contributed by atoms with Crippen LogP contribution in [0.2, 0.25) is 0 Å². The first-order valence-corrected chi connectivity index (χ1v) is 5.00. The Morgan fingerprint density at radius 2 is 2.00 bits per heavy atom. The molecular weight excluding hydrogens is 193 g/mol. The van der Waals surface area contributed by atoms with E-state index in [1.807, 2.05) is 6.08 Å². The molecule has 1 aliphatic heterocycles. The minimum atomic E-state index is -0.259. The summed E-state index contributed by atoms with van der Waals surface area (Å²) in [6, 6.07) is 6.13. The standard InChI is InChI=1S/C12H12FNO/c13-11-5-3-9(4-6-11)8-10-2-1-7-14-12(10)15/h3-6,8H,1-2,7H2,(H,14,15)/b10-8-. The molecule has 1 heterocycles. The van der Waals surface area contributed by atoms with Gasteiger partial charge in [-0.2, -0.15) is 0 Å². The van der Waals surface area contributed by atoms with Crippen molar-refractivity contribution in [1.29, 1.82) is 0 Å². The van der Waals surface area contributed by atoms with Crippen LogP contribution in [0.3, 0.4) is 0 Å².